The molecular weight excluding hydrogens is 276 g/mol. The van der Waals surface area contributed by atoms with E-state index in [-0.39, 0.29) is 18.1 Å². The summed E-state index contributed by atoms with van der Waals surface area (Å²) in [7, 11) is 0. The summed E-state index contributed by atoms with van der Waals surface area (Å²) >= 11 is 0. The van der Waals surface area contributed by atoms with E-state index in [4.69, 9.17) is 0 Å². The molecule has 1 aliphatic heterocycles. The third kappa shape index (κ3) is 3.87. The van der Waals surface area contributed by atoms with E-state index in [1.165, 1.54) is 18.4 Å². The Morgan fingerprint density at radius 3 is 2.45 bits per heavy atom. The van der Waals surface area contributed by atoms with Crippen molar-refractivity contribution in [1.29, 1.82) is 0 Å². The lowest BCUT2D eigenvalue weighted by Gasteiger charge is -2.26. The van der Waals surface area contributed by atoms with Crippen LogP contribution in [-0.2, 0) is 0 Å². The summed E-state index contributed by atoms with van der Waals surface area (Å²) < 4.78 is 0. The fraction of sp³-hybridized carbons (Fsp3) is 0.611. The normalized spacial score (nSPS) is 29.0. The Kier molecular flexibility index (Phi) is 5.11. The zero-order chi connectivity index (χ0) is 15.4. The second-order valence-electron chi connectivity index (χ2n) is 6.64. The number of aliphatic hydroxyl groups is 1. The van der Waals surface area contributed by atoms with Crippen LogP contribution in [0.2, 0.25) is 0 Å². The maximum Gasteiger partial charge on any atom is 0.251 e. The lowest BCUT2D eigenvalue weighted by Crippen LogP contribution is -2.38. The van der Waals surface area contributed by atoms with Crippen molar-refractivity contribution in [3.05, 3.63) is 35.4 Å². The smallest absolute Gasteiger partial charge is 0.251 e. The molecule has 4 heteroatoms. The highest BCUT2D eigenvalue weighted by molar-refractivity contribution is 5.94. The SMILES string of the molecule is O=C(NC1CCC(O)CC1)c1ccc([C@H]2CCCNC2)cc1. The van der Waals surface area contributed by atoms with E-state index in [0.29, 0.717) is 5.92 Å². The molecule has 1 aromatic carbocycles. The number of carbonyl (C=O) groups is 1. The Labute approximate surface area is 132 Å². The standard InChI is InChI=1S/C18H26N2O2/c21-17-9-7-16(8-10-17)20-18(22)14-5-3-13(4-6-14)15-2-1-11-19-12-15/h3-6,15-17,19,21H,1-2,7-12H2,(H,20,22)/t15-,16?,17?/m0/s1. The van der Waals surface area contributed by atoms with E-state index in [9.17, 15) is 9.90 Å². The summed E-state index contributed by atoms with van der Waals surface area (Å²) in [5.41, 5.74) is 2.06. The first-order valence-corrected chi connectivity index (χ1v) is 8.52. The number of hydrogen-bond acceptors (Lipinski definition) is 3. The first-order chi connectivity index (χ1) is 10.7. The van der Waals surface area contributed by atoms with Crippen molar-refractivity contribution < 1.29 is 9.90 Å². The van der Waals surface area contributed by atoms with Gasteiger partial charge in [0.25, 0.3) is 5.91 Å². The monoisotopic (exact) mass is 302 g/mol. The molecule has 120 valence electrons. The molecule has 4 nitrogen and oxygen atoms in total. The molecule has 3 rings (SSSR count). The number of nitrogens with one attached hydrogen (secondary N) is 2. The Morgan fingerprint density at radius 1 is 1.09 bits per heavy atom. The van der Waals surface area contributed by atoms with Crippen molar-refractivity contribution in [3.63, 3.8) is 0 Å². The molecule has 1 heterocycles. The summed E-state index contributed by atoms with van der Waals surface area (Å²) in [5, 5.41) is 16.0. The topological polar surface area (TPSA) is 61.4 Å². The summed E-state index contributed by atoms with van der Waals surface area (Å²) in [6.07, 6.45) is 5.59. The van der Waals surface area contributed by atoms with Gasteiger partial charge in [0.05, 0.1) is 6.10 Å². The molecule has 0 bridgehead atoms. The van der Waals surface area contributed by atoms with Gasteiger partial charge in [-0.1, -0.05) is 12.1 Å². The number of carbonyl (C=O) groups excluding carboxylic acids is 1. The van der Waals surface area contributed by atoms with Gasteiger partial charge in [0, 0.05) is 18.2 Å². The molecular formula is C18H26N2O2. The van der Waals surface area contributed by atoms with Crippen molar-refractivity contribution in [3.8, 4) is 0 Å². The second kappa shape index (κ2) is 7.25. The molecule has 22 heavy (non-hydrogen) atoms. The number of hydrogen-bond donors (Lipinski definition) is 3. The van der Waals surface area contributed by atoms with Crippen molar-refractivity contribution in [2.45, 2.75) is 56.6 Å². The van der Waals surface area contributed by atoms with Crippen LogP contribution in [0.5, 0.6) is 0 Å². The van der Waals surface area contributed by atoms with Gasteiger partial charge in [0.2, 0.25) is 0 Å². The van der Waals surface area contributed by atoms with Crippen molar-refractivity contribution in [2.75, 3.05) is 13.1 Å². The summed E-state index contributed by atoms with van der Waals surface area (Å²) in [6, 6.07) is 8.28. The van der Waals surface area contributed by atoms with Gasteiger partial charge >= 0.3 is 0 Å². The highest BCUT2D eigenvalue weighted by atomic mass is 16.3. The highest BCUT2D eigenvalue weighted by Gasteiger charge is 2.21. The van der Waals surface area contributed by atoms with Crippen molar-refractivity contribution >= 4 is 5.91 Å². The van der Waals surface area contributed by atoms with E-state index in [1.54, 1.807) is 0 Å². The number of piperidine rings is 1. The molecule has 1 aliphatic carbocycles. The molecule has 1 amide bonds. The number of benzene rings is 1. The minimum atomic E-state index is -0.184. The lowest BCUT2D eigenvalue weighted by atomic mass is 9.91. The summed E-state index contributed by atoms with van der Waals surface area (Å²) in [5.74, 6) is 0.584. The average Bonchev–Trinajstić information content (AvgIpc) is 2.58. The largest absolute Gasteiger partial charge is 0.393 e. The molecule has 1 saturated heterocycles. The van der Waals surface area contributed by atoms with Gasteiger partial charge < -0.3 is 15.7 Å². The zero-order valence-corrected chi connectivity index (χ0v) is 13.1. The minimum absolute atomic E-state index is 0.00899. The van der Waals surface area contributed by atoms with Gasteiger partial charge in [-0.15, -0.1) is 0 Å². The van der Waals surface area contributed by atoms with Crippen LogP contribution in [0.3, 0.4) is 0 Å². The first-order valence-electron chi connectivity index (χ1n) is 8.52. The van der Waals surface area contributed by atoms with Crippen LogP contribution in [0.1, 0.15) is 60.4 Å². The second-order valence-corrected chi connectivity index (χ2v) is 6.64. The van der Waals surface area contributed by atoms with Gasteiger partial charge in [-0.25, -0.2) is 0 Å². The lowest BCUT2D eigenvalue weighted by molar-refractivity contribution is 0.0867. The predicted molar refractivity (Wildman–Crippen MR) is 87.0 cm³/mol. The quantitative estimate of drug-likeness (QED) is 0.802. The fourth-order valence-electron chi connectivity index (χ4n) is 3.53. The number of rotatable bonds is 3. The van der Waals surface area contributed by atoms with Crippen LogP contribution in [0, 0.1) is 0 Å². The average molecular weight is 302 g/mol. The zero-order valence-electron chi connectivity index (χ0n) is 13.1. The van der Waals surface area contributed by atoms with Gasteiger partial charge in [-0.3, -0.25) is 4.79 Å². The maximum atomic E-state index is 12.3. The van der Waals surface area contributed by atoms with Crippen LogP contribution >= 0.6 is 0 Å². The van der Waals surface area contributed by atoms with E-state index in [1.807, 2.05) is 12.1 Å². The van der Waals surface area contributed by atoms with Crippen LogP contribution in [0.4, 0.5) is 0 Å². The van der Waals surface area contributed by atoms with Gasteiger partial charge in [-0.05, 0) is 68.7 Å². The van der Waals surface area contributed by atoms with Gasteiger partial charge in [-0.2, -0.15) is 0 Å². The van der Waals surface area contributed by atoms with Crippen LogP contribution in [-0.4, -0.2) is 36.2 Å². The first kappa shape index (κ1) is 15.5. The van der Waals surface area contributed by atoms with E-state index in [0.717, 1.165) is 44.3 Å². The predicted octanol–water partition coefficient (Wildman–Crippen LogP) is 2.19. The third-order valence-electron chi connectivity index (χ3n) is 4.97. The van der Waals surface area contributed by atoms with E-state index >= 15 is 0 Å². The molecule has 2 aliphatic rings. The number of aliphatic hydroxyl groups excluding tert-OH is 1. The van der Waals surface area contributed by atoms with Gasteiger partial charge in [0.15, 0.2) is 0 Å². The van der Waals surface area contributed by atoms with Crippen molar-refractivity contribution in [1.82, 2.24) is 10.6 Å². The minimum Gasteiger partial charge on any atom is -0.393 e. The Hall–Kier alpha value is -1.39. The molecule has 1 atom stereocenters. The van der Waals surface area contributed by atoms with E-state index in [2.05, 4.69) is 22.8 Å². The molecule has 0 aromatic heterocycles. The van der Waals surface area contributed by atoms with Crippen LogP contribution in [0.25, 0.3) is 0 Å². The maximum absolute atomic E-state index is 12.3. The van der Waals surface area contributed by atoms with Gasteiger partial charge in [0.1, 0.15) is 0 Å². The Balaban J connectivity index is 1.56. The molecule has 0 spiro atoms. The molecule has 2 fully saturated rings. The summed E-state index contributed by atoms with van der Waals surface area (Å²) in [6.45, 7) is 2.16. The third-order valence-corrected chi connectivity index (χ3v) is 4.97. The fourth-order valence-corrected chi connectivity index (χ4v) is 3.53. The van der Waals surface area contributed by atoms with E-state index < -0.39 is 0 Å². The molecule has 0 radical (unpaired) electrons. The molecule has 1 aromatic rings. The molecule has 3 N–H and O–H groups in total. The number of amides is 1. The van der Waals surface area contributed by atoms with Crippen LogP contribution in [0.15, 0.2) is 24.3 Å². The van der Waals surface area contributed by atoms with Crippen LogP contribution < -0.4 is 10.6 Å². The van der Waals surface area contributed by atoms with Crippen molar-refractivity contribution in [2.24, 2.45) is 0 Å². The summed E-state index contributed by atoms with van der Waals surface area (Å²) in [4.78, 5) is 12.3. The molecule has 1 saturated carbocycles. The molecule has 0 unspecified atom stereocenters. The highest BCUT2D eigenvalue weighted by Crippen LogP contribution is 2.23. The Morgan fingerprint density at radius 2 is 1.82 bits per heavy atom. The Bertz CT molecular complexity index is 486.